The van der Waals surface area contributed by atoms with Crippen LogP contribution >= 0.6 is 0 Å². The van der Waals surface area contributed by atoms with Crippen molar-refractivity contribution in [3.63, 3.8) is 0 Å². The maximum absolute atomic E-state index is 5.99. The van der Waals surface area contributed by atoms with Crippen molar-refractivity contribution >= 4 is 55.9 Å². The average Bonchev–Trinajstić information content (AvgIpc) is 2.79. The van der Waals surface area contributed by atoms with E-state index in [0.717, 1.165) is 16.7 Å². The van der Waals surface area contributed by atoms with Crippen molar-refractivity contribution < 1.29 is 4.42 Å². The van der Waals surface area contributed by atoms with Crippen LogP contribution in [-0.2, 0) is 0 Å². The number of benzene rings is 2. The van der Waals surface area contributed by atoms with Crippen LogP contribution in [0.3, 0.4) is 0 Å². The first kappa shape index (κ1) is 10.7. The average molecular weight is 322 g/mol. The van der Waals surface area contributed by atoms with Gasteiger partial charge in [-0.25, -0.2) is 0 Å². The molecule has 0 spiro atoms. The van der Waals surface area contributed by atoms with E-state index in [1.54, 1.807) is 0 Å². The molecule has 5 aromatic rings. The molecule has 0 N–H and O–H groups in total. The van der Waals surface area contributed by atoms with Gasteiger partial charge in [-0.3, -0.25) is 0 Å². The van der Waals surface area contributed by atoms with E-state index < -0.39 is 0 Å². The summed E-state index contributed by atoms with van der Waals surface area (Å²) < 4.78 is 8.77. The second-order valence-corrected chi connectivity index (χ2v) is 7.14. The van der Waals surface area contributed by atoms with Gasteiger partial charge in [0.25, 0.3) is 0 Å². The van der Waals surface area contributed by atoms with Crippen molar-refractivity contribution in [2.75, 3.05) is 0 Å². The van der Waals surface area contributed by atoms with Gasteiger partial charge in [-0.15, -0.1) is 0 Å². The van der Waals surface area contributed by atoms with Crippen molar-refractivity contribution in [3.8, 4) is 0 Å². The summed E-state index contributed by atoms with van der Waals surface area (Å²) in [4.78, 5) is 4.64. The minimum atomic E-state index is 0.285. The Labute approximate surface area is 120 Å². The van der Waals surface area contributed by atoms with Crippen molar-refractivity contribution in [1.82, 2.24) is 4.98 Å². The summed E-state index contributed by atoms with van der Waals surface area (Å²) >= 11 is 0.285. The molecule has 0 atom stereocenters. The number of hydrogen-bond acceptors (Lipinski definition) is 2. The van der Waals surface area contributed by atoms with Gasteiger partial charge in [0.15, 0.2) is 0 Å². The first-order valence-corrected chi connectivity index (χ1v) is 8.20. The third kappa shape index (κ3) is 1.26. The molecular formula is C17H9NOSe. The summed E-state index contributed by atoms with van der Waals surface area (Å²) in [5.74, 6) is 0. The van der Waals surface area contributed by atoms with E-state index in [9.17, 15) is 0 Å². The van der Waals surface area contributed by atoms with E-state index in [1.807, 2.05) is 12.3 Å². The zero-order valence-corrected chi connectivity index (χ0v) is 12.2. The van der Waals surface area contributed by atoms with Crippen LogP contribution in [0, 0.1) is 0 Å². The molecule has 2 nitrogen and oxygen atoms in total. The van der Waals surface area contributed by atoms with E-state index in [0.29, 0.717) is 0 Å². The molecule has 0 amide bonds. The Bertz CT molecular complexity index is 1100. The standard InChI is InChI=1S/C17H9NOSe/c1-2-6-13-10(4-1)17-16-12(8-9-18-17)19-11-5-3-7-14(20-13)15(11)16/h1-9H. The number of rotatable bonds is 0. The number of nitrogens with zero attached hydrogens (tertiary/aromatic N) is 1. The van der Waals surface area contributed by atoms with E-state index in [2.05, 4.69) is 47.4 Å². The van der Waals surface area contributed by atoms with E-state index >= 15 is 0 Å². The summed E-state index contributed by atoms with van der Waals surface area (Å²) in [7, 11) is 0. The van der Waals surface area contributed by atoms with Crippen LogP contribution in [0.2, 0.25) is 0 Å². The van der Waals surface area contributed by atoms with Gasteiger partial charge < -0.3 is 0 Å². The Balaban J connectivity index is 2.32. The summed E-state index contributed by atoms with van der Waals surface area (Å²) in [6, 6.07) is 16.9. The molecular weight excluding hydrogens is 313 g/mol. The molecule has 0 fully saturated rings. The Hall–Kier alpha value is -2.09. The Kier molecular flexibility index (Phi) is 1.99. The molecule has 0 saturated carbocycles. The van der Waals surface area contributed by atoms with Crippen molar-refractivity contribution in [2.45, 2.75) is 0 Å². The molecule has 3 aromatic heterocycles. The zero-order chi connectivity index (χ0) is 13.1. The fraction of sp³-hybridized carbons (Fsp3) is 0. The quantitative estimate of drug-likeness (QED) is 0.396. The molecule has 0 saturated heterocycles. The van der Waals surface area contributed by atoms with Crippen LogP contribution in [0.25, 0.3) is 41.4 Å². The monoisotopic (exact) mass is 323 g/mol. The van der Waals surface area contributed by atoms with Crippen LogP contribution in [-0.4, -0.2) is 19.5 Å². The van der Waals surface area contributed by atoms with Gasteiger partial charge in [-0.1, -0.05) is 0 Å². The van der Waals surface area contributed by atoms with Gasteiger partial charge in [0, 0.05) is 0 Å². The van der Waals surface area contributed by atoms with E-state index in [4.69, 9.17) is 4.42 Å². The summed E-state index contributed by atoms with van der Waals surface area (Å²) in [5, 5.41) is 3.67. The number of furan rings is 1. The SMILES string of the molecule is c1ccc2c(c1)[se]c1cccc3oc4ccnc2c4c31. The van der Waals surface area contributed by atoms with Crippen molar-refractivity contribution in [2.24, 2.45) is 0 Å². The van der Waals surface area contributed by atoms with Gasteiger partial charge in [0.1, 0.15) is 0 Å². The van der Waals surface area contributed by atoms with E-state index in [1.165, 1.54) is 24.7 Å². The molecule has 20 heavy (non-hydrogen) atoms. The molecule has 0 radical (unpaired) electrons. The van der Waals surface area contributed by atoms with Crippen LogP contribution < -0.4 is 0 Å². The first-order valence-electron chi connectivity index (χ1n) is 6.49. The molecule has 94 valence electrons. The molecule has 3 heteroatoms. The number of fused-ring (bicyclic) bond motifs is 2. The third-order valence-electron chi connectivity index (χ3n) is 3.73. The summed E-state index contributed by atoms with van der Waals surface area (Å²) in [6.45, 7) is 0. The van der Waals surface area contributed by atoms with Gasteiger partial charge in [0.05, 0.1) is 0 Å². The minimum absolute atomic E-state index is 0.285. The summed E-state index contributed by atoms with van der Waals surface area (Å²) in [6.07, 6.45) is 1.84. The molecule has 0 aliphatic rings. The van der Waals surface area contributed by atoms with Gasteiger partial charge in [-0.05, 0) is 0 Å². The topological polar surface area (TPSA) is 26.0 Å². The van der Waals surface area contributed by atoms with Crippen LogP contribution in [0.4, 0.5) is 0 Å². The van der Waals surface area contributed by atoms with Gasteiger partial charge in [-0.2, -0.15) is 0 Å². The molecule has 2 aromatic carbocycles. The fourth-order valence-corrected chi connectivity index (χ4v) is 5.22. The number of pyridine rings is 1. The fourth-order valence-electron chi connectivity index (χ4n) is 2.89. The Morgan fingerprint density at radius 2 is 1.65 bits per heavy atom. The Morgan fingerprint density at radius 1 is 0.800 bits per heavy atom. The van der Waals surface area contributed by atoms with Gasteiger partial charge >= 0.3 is 120 Å². The Morgan fingerprint density at radius 3 is 2.65 bits per heavy atom. The predicted octanol–water partition coefficient (Wildman–Crippen LogP) is 4.34. The second-order valence-electron chi connectivity index (χ2n) is 4.86. The van der Waals surface area contributed by atoms with Gasteiger partial charge in [0.2, 0.25) is 0 Å². The normalized spacial score (nSPS) is 12.0. The van der Waals surface area contributed by atoms with Crippen LogP contribution in [0.5, 0.6) is 0 Å². The zero-order valence-electron chi connectivity index (χ0n) is 10.5. The number of hydrogen-bond donors (Lipinski definition) is 0. The first-order chi connectivity index (χ1) is 9.92. The number of aromatic nitrogens is 1. The maximum atomic E-state index is 5.99. The predicted molar refractivity (Wildman–Crippen MR) is 83.5 cm³/mol. The van der Waals surface area contributed by atoms with Crippen molar-refractivity contribution in [1.29, 1.82) is 0 Å². The van der Waals surface area contributed by atoms with Crippen LogP contribution in [0.15, 0.2) is 59.1 Å². The molecule has 5 rings (SSSR count). The molecule has 0 aliphatic heterocycles. The third-order valence-corrected chi connectivity index (χ3v) is 6.12. The van der Waals surface area contributed by atoms with Crippen LogP contribution in [0.1, 0.15) is 0 Å². The second kappa shape index (κ2) is 3.72. The molecule has 3 heterocycles. The molecule has 0 unspecified atom stereocenters. The van der Waals surface area contributed by atoms with Crippen molar-refractivity contribution in [3.05, 3.63) is 54.7 Å². The summed E-state index contributed by atoms with van der Waals surface area (Å²) in [5.41, 5.74) is 2.97. The molecule has 0 bridgehead atoms. The van der Waals surface area contributed by atoms with E-state index in [-0.39, 0.29) is 14.5 Å². The molecule has 0 aliphatic carbocycles.